The molecule has 5 nitrogen and oxygen atoms in total. The van der Waals surface area contributed by atoms with Crippen LogP contribution in [-0.2, 0) is 11.2 Å². The van der Waals surface area contributed by atoms with Crippen molar-refractivity contribution in [2.75, 3.05) is 23.4 Å². The number of amides is 2. The van der Waals surface area contributed by atoms with Crippen LogP contribution in [-0.4, -0.2) is 25.0 Å². The van der Waals surface area contributed by atoms with E-state index in [0.29, 0.717) is 23.5 Å². The summed E-state index contributed by atoms with van der Waals surface area (Å²) in [5, 5.41) is 2.76. The molecule has 0 unspecified atom stereocenters. The molecule has 5 heteroatoms. The van der Waals surface area contributed by atoms with Crippen molar-refractivity contribution in [3.63, 3.8) is 0 Å². The predicted octanol–water partition coefficient (Wildman–Crippen LogP) is 3.91. The quantitative estimate of drug-likeness (QED) is 0.739. The van der Waals surface area contributed by atoms with Gasteiger partial charge < -0.3 is 15.0 Å². The number of anilines is 2. The molecule has 0 atom stereocenters. The van der Waals surface area contributed by atoms with Gasteiger partial charge in [-0.3, -0.25) is 9.59 Å². The van der Waals surface area contributed by atoms with Gasteiger partial charge in [0.05, 0.1) is 5.69 Å². The van der Waals surface area contributed by atoms with Crippen molar-refractivity contribution in [2.24, 2.45) is 0 Å². The standard InChI is InChI=1S/C23H20N2O3/c26-22-16-28-21-12-11-18(15-20(21)24-22)23(27)25(19-9-5-2-6-10-19)14-13-17-7-3-1-4-8-17/h1-12,15H,13-14,16H2,(H,24,26). The molecule has 3 aromatic carbocycles. The molecule has 0 spiro atoms. The highest BCUT2D eigenvalue weighted by Crippen LogP contribution is 2.29. The summed E-state index contributed by atoms with van der Waals surface area (Å²) in [5.74, 6) is 0.234. The van der Waals surface area contributed by atoms with Gasteiger partial charge in [-0.05, 0) is 42.3 Å². The smallest absolute Gasteiger partial charge is 0.262 e. The lowest BCUT2D eigenvalue weighted by Gasteiger charge is -2.24. The van der Waals surface area contributed by atoms with Crippen LogP contribution in [0.1, 0.15) is 15.9 Å². The summed E-state index contributed by atoms with van der Waals surface area (Å²) >= 11 is 0. The van der Waals surface area contributed by atoms with E-state index in [0.717, 1.165) is 12.1 Å². The highest BCUT2D eigenvalue weighted by molar-refractivity contribution is 6.07. The average molecular weight is 372 g/mol. The summed E-state index contributed by atoms with van der Waals surface area (Å²) in [6.07, 6.45) is 0.742. The first-order valence-electron chi connectivity index (χ1n) is 9.18. The van der Waals surface area contributed by atoms with E-state index in [9.17, 15) is 9.59 Å². The second kappa shape index (κ2) is 7.96. The number of rotatable bonds is 5. The number of hydrogen-bond donors (Lipinski definition) is 1. The number of hydrogen-bond acceptors (Lipinski definition) is 3. The Bertz CT molecular complexity index is 987. The third-order valence-corrected chi connectivity index (χ3v) is 4.64. The molecule has 1 aliphatic rings. The van der Waals surface area contributed by atoms with Crippen molar-refractivity contribution >= 4 is 23.2 Å². The van der Waals surface area contributed by atoms with E-state index in [-0.39, 0.29) is 18.4 Å². The summed E-state index contributed by atoms with van der Waals surface area (Å²) in [7, 11) is 0. The van der Waals surface area contributed by atoms with E-state index in [1.165, 1.54) is 5.56 Å². The topological polar surface area (TPSA) is 58.6 Å². The third kappa shape index (κ3) is 3.88. The van der Waals surface area contributed by atoms with Gasteiger partial charge in [-0.1, -0.05) is 48.5 Å². The summed E-state index contributed by atoms with van der Waals surface area (Å²) < 4.78 is 5.38. The average Bonchev–Trinajstić information content (AvgIpc) is 2.74. The zero-order valence-electron chi connectivity index (χ0n) is 15.3. The van der Waals surface area contributed by atoms with Crippen LogP contribution in [0.2, 0.25) is 0 Å². The fourth-order valence-electron chi connectivity index (χ4n) is 3.21. The van der Waals surface area contributed by atoms with Gasteiger partial charge >= 0.3 is 0 Å². The van der Waals surface area contributed by atoms with Crippen molar-refractivity contribution in [1.29, 1.82) is 0 Å². The lowest BCUT2D eigenvalue weighted by atomic mass is 10.1. The SMILES string of the molecule is O=C1COc2ccc(C(=O)N(CCc3ccccc3)c3ccccc3)cc2N1. The Hall–Kier alpha value is -3.60. The molecule has 4 rings (SSSR count). The Balaban J connectivity index is 1.61. The second-order valence-electron chi connectivity index (χ2n) is 6.58. The Morgan fingerprint density at radius 1 is 0.964 bits per heavy atom. The minimum atomic E-state index is -0.221. The van der Waals surface area contributed by atoms with Crippen LogP contribution < -0.4 is 15.0 Å². The van der Waals surface area contributed by atoms with Gasteiger partial charge in [0, 0.05) is 17.8 Å². The molecule has 0 aliphatic carbocycles. The van der Waals surface area contributed by atoms with Crippen molar-refractivity contribution in [2.45, 2.75) is 6.42 Å². The van der Waals surface area contributed by atoms with Crippen LogP contribution in [0.15, 0.2) is 78.9 Å². The first-order valence-corrected chi connectivity index (χ1v) is 9.18. The molecule has 2 amide bonds. The van der Waals surface area contributed by atoms with E-state index in [1.54, 1.807) is 23.1 Å². The largest absolute Gasteiger partial charge is 0.482 e. The van der Waals surface area contributed by atoms with Gasteiger partial charge in [0.2, 0.25) is 0 Å². The summed E-state index contributed by atoms with van der Waals surface area (Å²) in [5.41, 5.74) is 3.03. The minimum Gasteiger partial charge on any atom is -0.482 e. The Morgan fingerprint density at radius 2 is 1.68 bits per heavy atom. The van der Waals surface area contributed by atoms with Crippen molar-refractivity contribution < 1.29 is 14.3 Å². The number of nitrogens with zero attached hydrogens (tertiary/aromatic N) is 1. The van der Waals surface area contributed by atoms with E-state index in [1.807, 2.05) is 48.5 Å². The summed E-state index contributed by atoms with van der Waals surface area (Å²) in [6, 6.07) is 24.8. The monoisotopic (exact) mass is 372 g/mol. The maximum atomic E-state index is 13.3. The molecular weight excluding hydrogens is 352 g/mol. The Labute approximate surface area is 163 Å². The summed E-state index contributed by atoms with van der Waals surface area (Å²) in [6.45, 7) is 0.542. The van der Waals surface area contributed by atoms with E-state index in [4.69, 9.17) is 4.74 Å². The number of fused-ring (bicyclic) bond motifs is 1. The van der Waals surface area contributed by atoms with Crippen molar-refractivity contribution in [3.8, 4) is 5.75 Å². The van der Waals surface area contributed by atoms with Gasteiger partial charge in [0.1, 0.15) is 5.75 Å². The number of ether oxygens (including phenoxy) is 1. The normalized spacial score (nSPS) is 12.5. The van der Waals surface area contributed by atoms with Crippen LogP contribution in [0.5, 0.6) is 5.75 Å². The van der Waals surface area contributed by atoms with Crippen molar-refractivity contribution in [1.82, 2.24) is 0 Å². The summed E-state index contributed by atoms with van der Waals surface area (Å²) in [4.78, 5) is 26.7. The molecule has 1 aliphatic heterocycles. The highest BCUT2D eigenvalue weighted by Gasteiger charge is 2.21. The molecule has 0 saturated carbocycles. The molecule has 0 aromatic heterocycles. The zero-order valence-corrected chi connectivity index (χ0v) is 15.3. The lowest BCUT2D eigenvalue weighted by Crippen LogP contribution is -2.33. The maximum Gasteiger partial charge on any atom is 0.262 e. The number of benzene rings is 3. The predicted molar refractivity (Wildman–Crippen MR) is 109 cm³/mol. The van der Waals surface area contributed by atoms with E-state index in [2.05, 4.69) is 17.4 Å². The van der Waals surface area contributed by atoms with Crippen molar-refractivity contribution in [3.05, 3.63) is 90.0 Å². The molecule has 0 fully saturated rings. The van der Waals surface area contributed by atoms with Crippen LogP contribution >= 0.6 is 0 Å². The zero-order chi connectivity index (χ0) is 19.3. The third-order valence-electron chi connectivity index (χ3n) is 4.64. The lowest BCUT2D eigenvalue weighted by molar-refractivity contribution is -0.118. The van der Waals surface area contributed by atoms with Crippen LogP contribution in [0.3, 0.4) is 0 Å². The highest BCUT2D eigenvalue weighted by atomic mass is 16.5. The number of carbonyl (C=O) groups excluding carboxylic acids is 2. The maximum absolute atomic E-state index is 13.3. The van der Waals surface area contributed by atoms with Crippen LogP contribution in [0, 0.1) is 0 Å². The molecule has 140 valence electrons. The fraction of sp³-hybridized carbons (Fsp3) is 0.130. The van der Waals surface area contributed by atoms with Gasteiger partial charge in [-0.25, -0.2) is 0 Å². The van der Waals surface area contributed by atoms with Crippen LogP contribution in [0.4, 0.5) is 11.4 Å². The molecule has 0 bridgehead atoms. The minimum absolute atomic E-state index is 0.00644. The number of para-hydroxylation sites is 1. The first kappa shape index (κ1) is 17.8. The number of carbonyl (C=O) groups is 2. The van der Waals surface area contributed by atoms with Crippen LogP contribution in [0.25, 0.3) is 0 Å². The molecule has 1 heterocycles. The first-order chi connectivity index (χ1) is 13.7. The second-order valence-corrected chi connectivity index (χ2v) is 6.58. The van der Waals surface area contributed by atoms with E-state index < -0.39 is 0 Å². The molecule has 0 saturated heterocycles. The fourth-order valence-corrected chi connectivity index (χ4v) is 3.21. The molecular formula is C23H20N2O3. The van der Waals surface area contributed by atoms with Gasteiger partial charge in [0.15, 0.2) is 6.61 Å². The molecule has 3 aromatic rings. The molecule has 28 heavy (non-hydrogen) atoms. The molecule has 1 N–H and O–H groups in total. The van der Waals surface area contributed by atoms with Gasteiger partial charge in [-0.2, -0.15) is 0 Å². The van der Waals surface area contributed by atoms with Gasteiger partial charge in [-0.15, -0.1) is 0 Å². The number of nitrogens with one attached hydrogen (secondary N) is 1. The van der Waals surface area contributed by atoms with E-state index >= 15 is 0 Å². The Morgan fingerprint density at radius 3 is 2.43 bits per heavy atom. The van der Waals surface area contributed by atoms with Gasteiger partial charge in [0.25, 0.3) is 11.8 Å². The molecule has 0 radical (unpaired) electrons. The Kier molecular flexibility index (Phi) is 5.06.